The van der Waals surface area contributed by atoms with Crippen LogP contribution in [0.1, 0.15) is 24.0 Å². The van der Waals surface area contributed by atoms with Crippen LogP contribution in [0.25, 0.3) is 11.1 Å². The fraction of sp³-hybridized carbons (Fsp3) is 0.286. The molecule has 18 heavy (non-hydrogen) atoms. The van der Waals surface area contributed by atoms with Crippen molar-refractivity contribution in [2.24, 2.45) is 0 Å². The highest BCUT2D eigenvalue weighted by Crippen LogP contribution is 2.33. The predicted molar refractivity (Wildman–Crippen MR) is 72.9 cm³/mol. The van der Waals surface area contributed by atoms with E-state index in [1.807, 2.05) is 0 Å². The van der Waals surface area contributed by atoms with Crippen LogP contribution in [0, 0.1) is 0 Å². The van der Waals surface area contributed by atoms with E-state index in [1.54, 1.807) is 6.20 Å². The zero-order chi connectivity index (χ0) is 12.5. The molecule has 0 bridgehead atoms. The van der Waals surface area contributed by atoms with Crippen LogP contribution in [-0.2, 0) is 12.8 Å². The average molecular weight is 240 g/mol. The number of rotatable bonds is 1. The number of hydrogen-bond acceptors (Lipinski definition) is 4. The number of benzene rings is 1. The second-order valence-electron chi connectivity index (χ2n) is 4.68. The third kappa shape index (κ3) is 1.79. The van der Waals surface area contributed by atoms with E-state index >= 15 is 0 Å². The van der Waals surface area contributed by atoms with Gasteiger partial charge >= 0.3 is 0 Å². The fourth-order valence-electron chi connectivity index (χ4n) is 2.65. The van der Waals surface area contributed by atoms with Crippen molar-refractivity contribution in [3.8, 4) is 11.1 Å². The van der Waals surface area contributed by atoms with Crippen LogP contribution in [-0.4, -0.2) is 9.97 Å². The van der Waals surface area contributed by atoms with Crippen molar-refractivity contribution in [3.63, 3.8) is 0 Å². The van der Waals surface area contributed by atoms with Crippen molar-refractivity contribution >= 4 is 11.8 Å². The summed E-state index contributed by atoms with van der Waals surface area (Å²) in [6.45, 7) is 0. The first-order valence-corrected chi connectivity index (χ1v) is 6.25. The van der Waals surface area contributed by atoms with E-state index in [0.29, 0.717) is 5.82 Å². The number of nitrogen functional groups attached to an aromatic ring is 2. The van der Waals surface area contributed by atoms with Crippen LogP contribution in [0.5, 0.6) is 0 Å². The smallest absolute Gasteiger partial charge is 0.221 e. The van der Waals surface area contributed by atoms with Crippen LogP contribution in [0.15, 0.2) is 24.4 Å². The quantitative estimate of drug-likeness (QED) is 0.801. The van der Waals surface area contributed by atoms with Gasteiger partial charge in [-0.3, -0.25) is 0 Å². The Balaban J connectivity index is 2.17. The number of aryl methyl sites for hydroxylation is 1. The lowest BCUT2D eigenvalue weighted by atomic mass is 9.86. The van der Waals surface area contributed by atoms with Gasteiger partial charge in [-0.1, -0.05) is 18.2 Å². The minimum atomic E-state index is 0.223. The van der Waals surface area contributed by atoms with Crippen molar-refractivity contribution in [1.29, 1.82) is 0 Å². The van der Waals surface area contributed by atoms with Gasteiger partial charge in [0.05, 0.1) is 0 Å². The van der Waals surface area contributed by atoms with Crippen LogP contribution < -0.4 is 11.5 Å². The third-order valence-electron chi connectivity index (χ3n) is 3.52. The fourth-order valence-corrected chi connectivity index (χ4v) is 2.65. The summed E-state index contributed by atoms with van der Waals surface area (Å²) in [6.07, 6.45) is 6.49. The number of aromatic nitrogens is 2. The second-order valence-corrected chi connectivity index (χ2v) is 4.68. The first kappa shape index (κ1) is 11.0. The Labute approximate surface area is 106 Å². The van der Waals surface area contributed by atoms with Gasteiger partial charge in [-0.05, 0) is 42.4 Å². The monoisotopic (exact) mass is 240 g/mol. The molecule has 1 aliphatic rings. The maximum Gasteiger partial charge on any atom is 0.221 e. The molecule has 1 aromatic heterocycles. The van der Waals surface area contributed by atoms with Gasteiger partial charge in [0.15, 0.2) is 0 Å². The molecule has 0 atom stereocenters. The van der Waals surface area contributed by atoms with Crippen molar-refractivity contribution in [3.05, 3.63) is 35.5 Å². The van der Waals surface area contributed by atoms with Crippen LogP contribution in [0.2, 0.25) is 0 Å². The van der Waals surface area contributed by atoms with E-state index in [-0.39, 0.29) is 5.95 Å². The zero-order valence-corrected chi connectivity index (χ0v) is 10.2. The second kappa shape index (κ2) is 4.29. The summed E-state index contributed by atoms with van der Waals surface area (Å²) >= 11 is 0. The van der Waals surface area contributed by atoms with E-state index < -0.39 is 0 Å². The number of hydrogen-bond donors (Lipinski definition) is 2. The average Bonchev–Trinajstić information content (AvgIpc) is 2.38. The molecule has 2 aromatic rings. The molecule has 1 aliphatic carbocycles. The van der Waals surface area contributed by atoms with Gasteiger partial charge in [0, 0.05) is 11.8 Å². The van der Waals surface area contributed by atoms with Crippen LogP contribution in [0.3, 0.4) is 0 Å². The van der Waals surface area contributed by atoms with E-state index in [0.717, 1.165) is 24.0 Å². The van der Waals surface area contributed by atoms with Crippen molar-refractivity contribution in [1.82, 2.24) is 9.97 Å². The lowest BCUT2D eigenvalue weighted by Crippen LogP contribution is -2.06. The van der Waals surface area contributed by atoms with Crippen molar-refractivity contribution < 1.29 is 0 Å². The van der Waals surface area contributed by atoms with E-state index in [9.17, 15) is 0 Å². The maximum atomic E-state index is 5.96. The lowest BCUT2D eigenvalue weighted by Gasteiger charge is -2.19. The normalized spacial score (nSPS) is 14.2. The summed E-state index contributed by atoms with van der Waals surface area (Å²) in [5.41, 5.74) is 16.4. The molecule has 0 aliphatic heterocycles. The Hall–Kier alpha value is -2.10. The summed E-state index contributed by atoms with van der Waals surface area (Å²) in [4.78, 5) is 8.10. The molecule has 3 rings (SSSR count). The summed E-state index contributed by atoms with van der Waals surface area (Å²) in [6, 6.07) is 6.37. The third-order valence-corrected chi connectivity index (χ3v) is 3.52. The van der Waals surface area contributed by atoms with E-state index in [4.69, 9.17) is 11.5 Å². The molecule has 92 valence electrons. The molecule has 4 heteroatoms. The number of nitrogens with two attached hydrogens (primary N) is 2. The molecule has 1 heterocycles. The molecule has 0 spiro atoms. The molecular formula is C14H16N4. The Morgan fingerprint density at radius 2 is 1.83 bits per heavy atom. The molecular weight excluding hydrogens is 224 g/mol. The number of fused-ring (bicyclic) bond motifs is 1. The summed E-state index contributed by atoms with van der Waals surface area (Å²) in [5.74, 6) is 0.683. The Bertz CT molecular complexity index is 592. The van der Waals surface area contributed by atoms with Gasteiger partial charge < -0.3 is 11.5 Å². The van der Waals surface area contributed by atoms with Gasteiger partial charge in [-0.25, -0.2) is 4.98 Å². The standard InChI is InChI=1S/C14H16N4/c15-13-12(8-17-14(16)18-13)11-7-3-5-9-4-1-2-6-10(9)11/h3,5,7-8H,1-2,4,6H2,(H4,15,16,17,18). The Morgan fingerprint density at radius 3 is 2.67 bits per heavy atom. The minimum absolute atomic E-state index is 0.223. The molecule has 0 radical (unpaired) electrons. The Morgan fingerprint density at radius 1 is 1.00 bits per heavy atom. The molecule has 4 N–H and O–H groups in total. The highest BCUT2D eigenvalue weighted by molar-refractivity contribution is 5.77. The highest BCUT2D eigenvalue weighted by atomic mass is 15.0. The molecule has 0 saturated carbocycles. The predicted octanol–water partition coefficient (Wildman–Crippen LogP) is 2.19. The number of anilines is 2. The van der Waals surface area contributed by atoms with E-state index in [2.05, 4.69) is 28.2 Å². The highest BCUT2D eigenvalue weighted by Gasteiger charge is 2.16. The van der Waals surface area contributed by atoms with Gasteiger partial charge in [0.25, 0.3) is 0 Å². The SMILES string of the molecule is Nc1ncc(-c2cccc3c2CCCC3)c(N)n1. The number of nitrogens with zero attached hydrogens (tertiary/aromatic N) is 2. The molecule has 0 fully saturated rings. The van der Waals surface area contributed by atoms with Gasteiger partial charge in [0.2, 0.25) is 5.95 Å². The largest absolute Gasteiger partial charge is 0.383 e. The Kier molecular flexibility index (Phi) is 2.63. The lowest BCUT2D eigenvalue weighted by molar-refractivity contribution is 0.687. The maximum absolute atomic E-state index is 5.96. The molecule has 0 amide bonds. The van der Waals surface area contributed by atoms with Crippen LogP contribution >= 0.6 is 0 Å². The first-order valence-electron chi connectivity index (χ1n) is 6.25. The van der Waals surface area contributed by atoms with Gasteiger partial charge in [0.1, 0.15) is 5.82 Å². The first-order chi connectivity index (χ1) is 8.75. The summed E-state index contributed by atoms with van der Waals surface area (Å²) in [7, 11) is 0. The molecule has 4 nitrogen and oxygen atoms in total. The van der Waals surface area contributed by atoms with Crippen molar-refractivity contribution in [2.75, 3.05) is 11.5 Å². The van der Waals surface area contributed by atoms with Gasteiger partial charge in [-0.15, -0.1) is 0 Å². The summed E-state index contributed by atoms with van der Waals surface area (Å²) in [5, 5.41) is 0. The zero-order valence-electron chi connectivity index (χ0n) is 10.2. The van der Waals surface area contributed by atoms with E-state index in [1.165, 1.54) is 24.0 Å². The minimum Gasteiger partial charge on any atom is -0.383 e. The van der Waals surface area contributed by atoms with Crippen LogP contribution in [0.4, 0.5) is 11.8 Å². The van der Waals surface area contributed by atoms with Gasteiger partial charge in [-0.2, -0.15) is 4.98 Å². The molecule has 1 aromatic carbocycles. The summed E-state index contributed by atoms with van der Waals surface area (Å²) < 4.78 is 0. The van der Waals surface area contributed by atoms with Crippen molar-refractivity contribution in [2.45, 2.75) is 25.7 Å². The molecule has 0 saturated heterocycles. The molecule has 0 unspecified atom stereocenters. The topological polar surface area (TPSA) is 77.8 Å².